The Morgan fingerprint density at radius 1 is 1.40 bits per heavy atom. The zero-order valence-corrected chi connectivity index (χ0v) is 13.8. The van der Waals surface area contributed by atoms with Gasteiger partial charge in [-0.1, -0.05) is 51.6 Å². The number of rotatable bonds is 6. The molecule has 1 atom stereocenters. The number of aromatic nitrogens is 2. The van der Waals surface area contributed by atoms with Crippen LogP contribution in [0, 0.1) is 5.41 Å². The monoisotopic (exact) mass is 297 g/mol. The zero-order chi connectivity index (χ0) is 14.6. The lowest BCUT2D eigenvalue weighted by Crippen LogP contribution is -2.43. The molecule has 20 heavy (non-hydrogen) atoms. The largest absolute Gasteiger partial charge is 0.344 e. The minimum atomic E-state index is 0.385. The molecule has 0 aromatic carbocycles. The topological polar surface area (TPSA) is 40.7 Å². The van der Waals surface area contributed by atoms with Crippen LogP contribution in [0.5, 0.6) is 0 Å². The molecular formula is C16H28ClN3. The van der Waals surface area contributed by atoms with Crippen LogP contribution in [0.3, 0.4) is 0 Å². The number of nitrogens with one attached hydrogen (secondary N) is 2. The van der Waals surface area contributed by atoms with Gasteiger partial charge in [0.15, 0.2) is 5.15 Å². The second kappa shape index (κ2) is 6.95. The molecular weight excluding hydrogens is 270 g/mol. The number of imidazole rings is 1. The molecule has 1 fully saturated rings. The lowest BCUT2D eigenvalue weighted by Gasteiger charge is -2.39. The van der Waals surface area contributed by atoms with Gasteiger partial charge in [-0.05, 0) is 24.7 Å². The molecule has 0 aliphatic heterocycles. The smallest absolute Gasteiger partial charge is 0.151 e. The SMILES string of the molecule is CCCCc1nc(Cl)c(CNC2CCCCC2(C)C)[nH]1. The second-order valence-electron chi connectivity index (χ2n) is 6.72. The highest BCUT2D eigenvalue weighted by Crippen LogP contribution is 2.35. The molecule has 1 saturated carbocycles. The molecule has 1 unspecified atom stereocenters. The Bertz CT molecular complexity index is 425. The van der Waals surface area contributed by atoms with Gasteiger partial charge < -0.3 is 10.3 Å². The van der Waals surface area contributed by atoms with Crippen LogP contribution in [-0.4, -0.2) is 16.0 Å². The summed E-state index contributed by atoms with van der Waals surface area (Å²) in [7, 11) is 0. The van der Waals surface area contributed by atoms with Crippen LogP contribution in [-0.2, 0) is 13.0 Å². The minimum absolute atomic E-state index is 0.385. The van der Waals surface area contributed by atoms with Crippen LogP contribution in [0.1, 0.15) is 70.8 Å². The Labute approximate surface area is 127 Å². The van der Waals surface area contributed by atoms with Gasteiger partial charge >= 0.3 is 0 Å². The summed E-state index contributed by atoms with van der Waals surface area (Å²) in [5, 5.41) is 4.32. The van der Waals surface area contributed by atoms with E-state index in [2.05, 4.69) is 36.1 Å². The van der Waals surface area contributed by atoms with E-state index < -0.39 is 0 Å². The molecule has 0 spiro atoms. The first-order chi connectivity index (χ1) is 9.53. The number of hydrogen-bond donors (Lipinski definition) is 2. The Morgan fingerprint density at radius 3 is 2.90 bits per heavy atom. The number of hydrogen-bond acceptors (Lipinski definition) is 2. The van der Waals surface area contributed by atoms with E-state index in [-0.39, 0.29) is 0 Å². The van der Waals surface area contributed by atoms with Crippen LogP contribution < -0.4 is 5.32 Å². The lowest BCUT2D eigenvalue weighted by molar-refractivity contribution is 0.166. The molecule has 1 aromatic rings. The maximum Gasteiger partial charge on any atom is 0.151 e. The summed E-state index contributed by atoms with van der Waals surface area (Å²) in [4.78, 5) is 7.80. The first kappa shape index (κ1) is 15.8. The minimum Gasteiger partial charge on any atom is -0.344 e. The maximum absolute atomic E-state index is 6.23. The van der Waals surface area contributed by atoms with Crippen molar-refractivity contribution in [3.8, 4) is 0 Å². The Morgan fingerprint density at radius 2 is 2.20 bits per heavy atom. The van der Waals surface area contributed by atoms with E-state index >= 15 is 0 Å². The molecule has 0 amide bonds. The number of nitrogens with zero attached hydrogens (tertiary/aromatic N) is 1. The van der Waals surface area contributed by atoms with E-state index in [0.717, 1.165) is 30.9 Å². The predicted molar refractivity (Wildman–Crippen MR) is 85.1 cm³/mol. The number of aryl methyl sites for hydroxylation is 1. The fraction of sp³-hybridized carbons (Fsp3) is 0.812. The van der Waals surface area contributed by atoms with Crippen molar-refractivity contribution in [2.24, 2.45) is 5.41 Å². The highest BCUT2D eigenvalue weighted by Gasteiger charge is 2.31. The van der Waals surface area contributed by atoms with Crippen molar-refractivity contribution in [2.75, 3.05) is 0 Å². The van der Waals surface area contributed by atoms with Gasteiger partial charge in [0.2, 0.25) is 0 Å². The van der Waals surface area contributed by atoms with Crippen molar-refractivity contribution in [3.05, 3.63) is 16.7 Å². The van der Waals surface area contributed by atoms with Crippen LogP contribution >= 0.6 is 11.6 Å². The molecule has 1 aromatic heterocycles. The molecule has 1 aliphatic rings. The standard InChI is InChI=1S/C16H28ClN3/c1-4-5-9-14-19-12(15(17)20-14)11-18-13-8-6-7-10-16(13,2)3/h13,18H,4-11H2,1-3H3,(H,19,20). The Balaban J connectivity index is 1.91. The van der Waals surface area contributed by atoms with Gasteiger partial charge in [-0.25, -0.2) is 4.98 Å². The van der Waals surface area contributed by atoms with Crippen LogP contribution in [0.4, 0.5) is 0 Å². The third kappa shape index (κ3) is 3.98. The fourth-order valence-electron chi connectivity index (χ4n) is 3.12. The highest BCUT2D eigenvalue weighted by atomic mass is 35.5. The third-order valence-corrected chi connectivity index (χ3v) is 4.89. The molecule has 1 aliphatic carbocycles. The van der Waals surface area contributed by atoms with Crippen LogP contribution in [0.25, 0.3) is 0 Å². The second-order valence-corrected chi connectivity index (χ2v) is 7.08. The van der Waals surface area contributed by atoms with Gasteiger partial charge in [-0.15, -0.1) is 0 Å². The third-order valence-electron chi connectivity index (χ3n) is 4.58. The highest BCUT2D eigenvalue weighted by molar-refractivity contribution is 6.30. The average molecular weight is 298 g/mol. The van der Waals surface area contributed by atoms with Gasteiger partial charge in [-0.3, -0.25) is 0 Å². The summed E-state index contributed by atoms with van der Waals surface area (Å²) in [5.41, 5.74) is 1.43. The normalized spacial score (nSPS) is 22.1. The first-order valence-corrected chi connectivity index (χ1v) is 8.37. The summed E-state index contributed by atoms with van der Waals surface area (Å²) in [6.45, 7) is 7.72. The van der Waals surface area contributed by atoms with Crippen molar-refractivity contribution in [1.82, 2.24) is 15.3 Å². The van der Waals surface area contributed by atoms with E-state index in [1.54, 1.807) is 0 Å². The van der Waals surface area contributed by atoms with Gasteiger partial charge in [0.1, 0.15) is 5.82 Å². The lowest BCUT2D eigenvalue weighted by atomic mass is 9.73. The van der Waals surface area contributed by atoms with E-state index in [1.807, 2.05) is 0 Å². The Hall–Kier alpha value is -0.540. The molecule has 2 rings (SSSR count). The van der Waals surface area contributed by atoms with Crippen molar-refractivity contribution >= 4 is 11.6 Å². The number of unbranched alkanes of at least 4 members (excludes halogenated alkanes) is 1. The summed E-state index contributed by atoms with van der Waals surface area (Å²) >= 11 is 6.23. The maximum atomic E-state index is 6.23. The molecule has 2 N–H and O–H groups in total. The van der Waals surface area contributed by atoms with Crippen LogP contribution in [0.15, 0.2) is 0 Å². The molecule has 4 heteroatoms. The number of H-pyrrole nitrogens is 1. The van der Waals surface area contributed by atoms with Gasteiger partial charge in [0.05, 0.1) is 5.69 Å². The van der Waals surface area contributed by atoms with Gasteiger partial charge in [0.25, 0.3) is 0 Å². The summed E-state index contributed by atoms with van der Waals surface area (Å²) in [6.07, 6.45) is 8.60. The molecule has 0 saturated heterocycles. The van der Waals surface area contributed by atoms with Crippen LogP contribution in [0.2, 0.25) is 5.15 Å². The zero-order valence-electron chi connectivity index (χ0n) is 13.1. The number of aromatic amines is 1. The summed E-state index contributed by atoms with van der Waals surface area (Å²) in [5.74, 6) is 1.02. The van der Waals surface area contributed by atoms with E-state index in [0.29, 0.717) is 16.6 Å². The van der Waals surface area contributed by atoms with Gasteiger partial charge in [-0.2, -0.15) is 0 Å². The molecule has 0 bridgehead atoms. The van der Waals surface area contributed by atoms with Crippen molar-refractivity contribution < 1.29 is 0 Å². The molecule has 3 nitrogen and oxygen atoms in total. The predicted octanol–water partition coefficient (Wildman–Crippen LogP) is 4.46. The first-order valence-electron chi connectivity index (χ1n) is 7.99. The summed E-state index contributed by atoms with van der Waals surface area (Å²) < 4.78 is 0. The molecule has 1 heterocycles. The van der Waals surface area contributed by atoms with E-state index in [9.17, 15) is 0 Å². The fourth-order valence-corrected chi connectivity index (χ4v) is 3.33. The van der Waals surface area contributed by atoms with Crippen molar-refractivity contribution in [1.29, 1.82) is 0 Å². The average Bonchev–Trinajstić information content (AvgIpc) is 2.75. The Kier molecular flexibility index (Phi) is 5.50. The molecule has 114 valence electrons. The van der Waals surface area contributed by atoms with Crippen molar-refractivity contribution in [3.63, 3.8) is 0 Å². The summed E-state index contributed by atoms with van der Waals surface area (Å²) in [6, 6.07) is 0.578. The van der Waals surface area contributed by atoms with Crippen molar-refractivity contribution in [2.45, 2.75) is 78.3 Å². The van der Waals surface area contributed by atoms with E-state index in [4.69, 9.17) is 11.6 Å². The van der Waals surface area contributed by atoms with E-state index in [1.165, 1.54) is 32.1 Å². The quantitative estimate of drug-likeness (QED) is 0.813. The van der Waals surface area contributed by atoms with Gasteiger partial charge in [0, 0.05) is 19.0 Å². The number of halogens is 1. The molecule has 0 radical (unpaired) electrons.